The van der Waals surface area contributed by atoms with E-state index in [0.717, 1.165) is 25.3 Å². The number of hydrogen-bond acceptors (Lipinski definition) is 3. The standard InChI is InChI=1S/C24H28ClF2N3O/c1-3-7-16(13-28-15-17-8-6-10-19(23(17)25)24(2,26)27)14-29-22-12-21(31)18-9-4-5-11-20(18)30-22/h4-6,8-12,16,28H,3,7,13-15H2,1-2H3,(H2,29,30,31). The van der Waals surface area contributed by atoms with Crippen molar-refractivity contribution in [1.29, 1.82) is 0 Å². The lowest BCUT2D eigenvalue weighted by Gasteiger charge is -2.20. The Morgan fingerprint density at radius 2 is 1.90 bits per heavy atom. The Labute approximate surface area is 186 Å². The van der Waals surface area contributed by atoms with Gasteiger partial charge in [-0.15, -0.1) is 0 Å². The molecule has 7 heteroatoms. The van der Waals surface area contributed by atoms with Gasteiger partial charge in [0, 0.05) is 37.0 Å². The van der Waals surface area contributed by atoms with Crippen molar-refractivity contribution in [1.82, 2.24) is 10.3 Å². The van der Waals surface area contributed by atoms with Gasteiger partial charge in [-0.25, -0.2) is 8.78 Å². The molecular weight excluding hydrogens is 420 g/mol. The van der Waals surface area contributed by atoms with E-state index in [1.165, 1.54) is 6.07 Å². The summed E-state index contributed by atoms with van der Waals surface area (Å²) in [6.45, 7) is 4.76. The maximum atomic E-state index is 13.7. The van der Waals surface area contributed by atoms with E-state index in [4.69, 9.17) is 11.6 Å². The molecule has 3 N–H and O–H groups in total. The number of H-pyrrole nitrogens is 1. The zero-order valence-electron chi connectivity index (χ0n) is 17.8. The minimum Gasteiger partial charge on any atom is -0.371 e. The summed E-state index contributed by atoms with van der Waals surface area (Å²) in [5.41, 5.74) is 1.28. The average Bonchev–Trinajstić information content (AvgIpc) is 2.72. The first-order chi connectivity index (χ1) is 14.8. The largest absolute Gasteiger partial charge is 0.371 e. The SMILES string of the molecule is CCCC(CNCc1cccc(C(C)(F)F)c1Cl)CNc1cc(=O)c2ccccc2[nH]1. The third kappa shape index (κ3) is 6.05. The minimum atomic E-state index is -2.97. The van der Waals surface area contributed by atoms with Crippen LogP contribution in [0.2, 0.25) is 5.02 Å². The van der Waals surface area contributed by atoms with Crippen LogP contribution in [0.4, 0.5) is 14.6 Å². The van der Waals surface area contributed by atoms with Gasteiger partial charge < -0.3 is 15.6 Å². The highest BCUT2D eigenvalue weighted by atomic mass is 35.5. The number of alkyl halides is 2. The summed E-state index contributed by atoms with van der Waals surface area (Å²) in [5, 5.41) is 7.45. The van der Waals surface area contributed by atoms with Crippen molar-refractivity contribution in [3.8, 4) is 0 Å². The lowest BCUT2D eigenvalue weighted by atomic mass is 10.0. The van der Waals surface area contributed by atoms with Crippen LogP contribution in [0.3, 0.4) is 0 Å². The second kappa shape index (κ2) is 10.2. The van der Waals surface area contributed by atoms with Crippen molar-refractivity contribution < 1.29 is 8.78 Å². The van der Waals surface area contributed by atoms with Gasteiger partial charge >= 0.3 is 0 Å². The topological polar surface area (TPSA) is 56.9 Å². The summed E-state index contributed by atoms with van der Waals surface area (Å²) in [5.74, 6) is -1.99. The predicted molar refractivity (Wildman–Crippen MR) is 124 cm³/mol. The van der Waals surface area contributed by atoms with Crippen molar-refractivity contribution in [2.24, 2.45) is 5.92 Å². The van der Waals surface area contributed by atoms with E-state index in [9.17, 15) is 13.6 Å². The molecule has 31 heavy (non-hydrogen) atoms. The number of rotatable bonds is 10. The predicted octanol–water partition coefficient (Wildman–Crippen LogP) is 5.91. The van der Waals surface area contributed by atoms with Crippen LogP contribution >= 0.6 is 11.6 Å². The molecule has 0 spiro atoms. The summed E-state index contributed by atoms with van der Waals surface area (Å²) in [4.78, 5) is 15.5. The van der Waals surface area contributed by atoms with Crippen molar-refractivity contribution >= 4 is 28.3 Å². The third-order valence-corrected chi connectivity index (χ3v) is 5.76. The Morgan fingerprint density at radius 1 is 1.13 bits per heavy atom. The van der Waals surface area contributed by atoms with Gasteiger partial charge in [-0.3, -0.25) is 4.79 Å². The van der Waals surface area contributed by atoms with E-state index in [1.54, 1.807) is 24.3 Å². The maximum Gasteiger partial charge on any atom is 0.271 e. The first kappa shape index (κ1) is 23.2. The number of aromatic nitrogens is 1. The number of aromatic amines is 1. The number of benzene rings is 2. The molecule has 3 rings (SSSR count). The lowest BCUT2D eigenvalue weighted by molar-refractivity contribution is 0.0175. The van der Waals surface area contributed by atoms with Crippen LogP contribution in [0.15, 0.2) is 53.3 Å². The summed E-state index contributed by atoms with van der Waals surface area (Å²) in [6.07, 6.45) is 2.00. The quantitative estimate of drug-likeness (QED) is 0.362. The van der Waals surface area contributed by atoms with E-state index < -0.39 is 5.92 Å². The van der Waals surface area contributed by atoms with Crippen LogP contribution in [-0.4, -0.2) is 18.1 Å². The zero-order chi connectivity index (χ0) is 22.4. The molecule has 4 nitrogen and oxygen atoms in total. The van der Waals surface area contributed by atoms with Gasteiger partial charge in [0.2, 0.25) is 0 Å². The number of hydrogen-bond donors (Lipinski definition) is 3. The fraction of sp³-hybridized carbons (Fsp3) is 0.375. The fourth-order valence-electron chi connectivity index (χ4n) is 3.70. The molecule has 0 saturated heterocycles. The molecule has 0 aliphatic heterocycles. The molecule has 1 heterocycles. The molecule has 0 fully saturated rings. The molecule has 1 aromatic heterocycles. The van der Waals surface area contributed by atoms with Gasteiger partial charge in [-0.1, -0.05) is 55.3 Å². The van der Waals surface area contributed by atoms with Crippen LogP contribution < -0.4 is 16.1 Å². The first-order valence-electron chi connectivity index (χ1n) is 10.5. The number of pyridine rings is 1. The third-order valence-electron chi connectivity index (χ3n) is 5.32. The molecule has 0 amide bonds. The average molecular weight is 448 g/mol. The second-order valence-corrected chi connectivity index (χ2v) is 8.30. The number of anilines is 1. The number of fused-ring (bicyclic) bond motifs is 1. The van der Waals surface area contributed by atoms with Gasteiger partial charge in [0.25, 0.3) is 5.92 Å². The number of halogens is 3. The lowest BCUT2D eigenvalue weighted by Crippen LogP contribution is -2.28. The maximum absolute atomic E-state index is 13.7. The fourth-order valence-corrected chi connectivity index (χ4v) is 4.06. The van der Waals surface area contributed by atoms with Gasteiger partial charge in [0.05, 0.1) is 10.5 Å². The van der Waals surface area contributed by atoms with Gasteiger partial charge in [-0.05, 0) is 36.6 Å². The first-order valence-corrected chi connectivity index (χ1v) is 10.9. The van der Waals surface area contributed by atoms with Crippen molar-refractivity contribution in [2.75, 3.05) is 18.4 Å². The smallest absolute Gasteiger partial charge is 0.271 e. The van der Waals surface area contributed by atoms with E-state index in [1.807, 2.05) is 18.2 Å². The second-order valence-electron chi connectivity index (χ2n) is 7.93. The van der Waals surface area contributed by atoms with E-state index >= 15 is 0 Å². The molecule has 0 saturated carbocycles. The highest BCUT2D eigenvalue weighted by Gasteiger charge is 2.28. The molecule has 0 aliphatic carbocycles. The Balaban J connectivity index is 1.60. The zero-order valence-corrected chi connectivity index (χ0v) is 18.5. The highest BCUT2D eigenvalue weighted by molar-refractivity contribution is 6.32. The Kier molecular flexibility index (Phi) is 7.68. The van der Waals surface area contributed by atoms with Crippen molar-refractivity contribution in [3.05, 3.63) is 74.9 Å². The van der Waals surface area contributed by atoms with Crippen LogP contribution in [0.1, 0.15) is 37.8 Å². The van der Waals surface area contributed by atoms with Crippen LogP contribution in [-0.2, 0) is 12.5 Å². The van der Waals surface area contributed by atoms with E-state index in [-0.39, 0.29) is 16.0 Å². The Morgan fingerprint density at radius 3 is 2.65 bits per heavy atom. The molecule has 0 bridgehead atoms. The Hall–Kier alpha value is -2.44. The van der Waals surface area contributed by atoms with Gasteiger partial charge in [0.1, 0.15) is 5.82 Å². The molecule has 166 valence electrons. The molecule has 1 unspecified atom stereocenters. The molecule has 0 aliphatic rings. The van der Waals surface area contributed by atoms with Crippen molar-refractivity contribution in [3.63, 3.8) is 0 Å². The molecule has 1 atom stereocenters. The van der Waals surface area contributed by atoms with E-state index in [0.29, 0.717) is 42.3 Å². The minimum absolute atomic E-state index is 0.0238. The number of para-hydroxylation sites is 1. The highest BCUT2D eigenvalue weighted by Crippen LogP contribution is 2.34. The van der Waals surface area contributed by atoms with Gasteiger partial charge in [0.15, 0.2) is 5.43 Å². The van der Waals surface area contributed by atoms with Crippen LogP contribution in [0.25, 0.3) is 10.9 Å². The summed E-state index contributed by atoms with van der Waals surface area (Å²) < 4.78 is 27.4. The molecular formula is C24H28ClF2N3O. The summed E-state index contributed by atoms with van der Waals surface area (Å²) in [6, 6.07) is 13.7. The Bertz CT molecular complexity index is 1080. The molecule has 2 aromatic carbocycles. The summed E-state index contributed by atoms with van der Waals surface area (Å²) >= 11 is 6.21. The van der Waals surface area contributed by atoms with Gasteiger partial charge in [-0.2, -0.15) is 0 Å². The monoisotopic (exact) mass is 447 g/mol. The van der Waals surface area contributed by atoms with Crippen LogP contribution in [0.5, 0.6) is 0 Å². The summed E-state index contributed by atoms with van der Waals surface area (Å²) in [7, 11) is 0. The van der Waals surface area contributed by atoms with Crippen molar-refractivity contribution in [2.45, 2.75) is 39.2 Å². The molecule has 3 aromatic rings. The molecule has 0 radical (unpaired) electrons. The normalized spacial score (nSPS) is 12.8. The number of nitrogens with one attached hydrogen (secondary N) is 3. The van der Waals surface area contributed by atoms with Crippen LogP contribution in [0, 0.1) is 5.92 Å². The van der Waals surface area contributed by atoms with E-state index in [2.05, 4.69) is 22.5 Å².